The average Bonchev–Trinajstić information content (AvgIpc) is 2.58. The predicted octanol–water partition coefficient (Wildman–Crippen LogP) is 1.64. The topological polar surface area (TPSA) is 93.2 Å². The predicted molar refractivity (Wildman–Crippen MR) is 84.4 cm³/mol. The van der Waals surface area contributed by atoms with Gasteiger partial charge in [0, 0.05) is 23.7 Å². The standard InChI is InChI=1S/C16H16N4O3/c1-11-8-9-17-16(19-11)18-10-13(15(22)23-2)20-14(21)12-6-4-3-5-7-12/h3-10H,1-2H3,(H,20,21)(H,17,18,19). The maximum atomic E-state index is 12.1. The maximum absolute atomic E-state index is 12.1. The van der Waals surface area contributed by atoms with Gasteiger partial charge in [0.25, 0.3) is 5.91 Å². The number of hydrogen-bond donors (Lipinski definition) is 2. The van der Waals surface area contributed by atoms with E-state index in [1.54, 1.807) is 42.6 Å². The van der Waals surface area contributed by atoms with Crippen LogP contribution in [0.1, 0.15) is 16.1 Å². The minimum atomic E-state index is -0.686. The van der Waals surface area contributed by atoms with E-state index >= 15 is 0 Å². The fourth-order valence-corrected chi connectivity index (χ4v) is 1.70. The van der Waals surface area contributed by atoms with Crippen molar-refractivity contribution in [2.24, 2.45) is 0 Å². The Kier molecular flexibility index (Phi) is 5.40. The number of carbonyl (C=O) groups excluding carboxylic acids is 2. The summed E-state index contributed by atoms with van der Waals surface area (Å²) >= 11 is 0. The third-order valence-corrected chi connectivity index (χ3v) is 2.83. The van der Waals surface area contributed by atoms with Gasteiger partial charge in [0.05, 0.1) is 7.11 Å². The molecule has 0 saturated carbocycles. The van der Waals surface area contributed by atoms with E-state index in [0.29, 0.717) is 11.5 Å². The molecule has 7 heteroatoms. The Morgan fingerprint density at radius 2 is 1.91 bits per heavy atom. The van der Waals surface area contributed by atoms with Gasteiger partial charge >= 0.3 is 5.97 Å². The van der Waals surface area contributed by atoms with Crippen LogP contribution in [-0.4, -0.2) is 29.0 Å². The summed E-state index contributed by atoms with van der Waals surface area (Å²) in [5.41, 5.74) is 1.14. The molecule has 2 rings (SSSR count). The summed E-state index contributed by atoms with van der Waals surface area (Å²) in [6.45, 7) is 1.81. The van der Waals surface area contributed by atoms with Gasteiger partial charge in [0.1, 0.15) is 5.70 Å². The first-order valence-electron chi connectivity index (χ1n) is 6.81. The first-order chi connectivity index (χ1) is 11.1. The minimum Gasteiger partial charge on any atom is -0.464 e. The van der Waals surface area contributed by atoms with E-state index in [1.807, 2.05) is 6.92 Å². The summed E-state index contributed by atoms with van der Waals surface area (Å²) in [5, 5.41) is 5.26. The number of aryl methyl sites for hydroxylation is 1. The molecule has 1 aromatic carbocycles. The first-order valence-corrected chi connectivity index (χ1v) is 6.81. The number of esters is 1. The van der Waals surface area contributed by atoms with Gasteiger partial charge in [-0.15, -0.1) is 0 Å². The molecule has 0 aliphatic rings. The van der Waals surface area contributed by atoms with Gasteiger partial charge < -0.3 is 15.4 Å². The SMILES string of the molecule is COC(=O)C(=CNc1nccc(C)n1)NC(=O)c1ccccc1. The van der Waals surface area contributed by atoms with Crippen molar-refractivity contribution in [1.29, 1.82) is 0 Å². The summed E-state index contributed by atoms with van der Waals surface area (Å²) in [6.07, 6.45) is 2.88. The van der Waals surface area contributed by atoms with Gasteiger partial charge in [-0.2, -0.15) is 0 Å². The summed E-state index contributed by atoms with van der Waals surface area (Å²) in [7, 11) is 1.23. The van der Waals surface area contributed by atoms with E-state index in [0.717, 1.165) is 5.69 Å². The van der Waals surface area contributed by atoms with Crippen LogP contribution in [0.2, 0.25) is 0 Å². The van der Waals surface area contributed by atoms with Crippen molar-refractivity contribution in [2.75, 3.05) is 12.4 Å². The highest BCUT2D eigenvalue weighted by Crippen LogP contribution is 2.03. The molecular formula is C16H16N4O3. The van der Waals surface area contributed by atoms with E-state index in [4.69, 9.17) is 0 Å². The van der Waals surface area contributed by atoms with E-state index in [9.17, 15) is 9.59 Å². The Hall–Kier alpha value is -3.22. The summed E-state index contributed by atoms with van der Waals surface area (Å²) in [4.78, 5) is 32.0. The zero-order valence-corrected chi connectivity index (χ0v) is 12.7. The van der Waals surface area contributed by atoms with Crippen LogP contribution in [0.15, 0.2) is 54.5 Å². The van der Waals surface area contributed by atoms with Crippen molar-refractivity contribution in [3.63, 3.8) is 0 Å². The van der Waals surface area contributed by atoms with Crippen LogP contribution in [0, 0.1) is 6.92 Å². The quantitative estimate of drug-likeness (QED) is 0.644. The molecule has 23 heavy (non-hydrogen) atoms. The van der Waals surface area contributed by atoms with Crippen LogP contribution in [0.5, 0.6) is 0 Å². The molecule has 1 amide bonds. The molecule has 0 spiro atoms. The number of anilines is 1. The number of amides is 1. The van der Waals surface area contributed by atoms with Crippen molar-refractivity contribution in [3.8, 4) is 0 Å². The number of ether oxygens (including phenoxy) is 1. The van der Waals surface area contributed by atoms with Crippen LogP contribution in [0.4, 0.5) is 5.95 Å². The van der Waals surface area contributed by atoms with Crippen LogP contribution in [0.25, 0.3) is 0 Å². The Morgan fingerprint density at radius 1 is 1.17 bits per heavy atom. The number of methoxy groups -OCH3 is 1. The van der Waals surface area contributed by atoms with Crippen LogP contribution in [-0.2, 0) is 9.53 Å². The van der Waals surface area contributed by atoms with Crippen LogP contribution in [0.3, 0.4) is 0 Å². The average molecular weight is 312 g/mol. The van der Waals surface area contributed by atoms with E-state index in [1.165, 1.54) is 13.3 Å². The second kappa shape index (κ2) is 7.69. The first kappa shape index (κ1) is 16.2. The minimum absolute atomic E-state index is 0.0496. The number of nitrogens with one attached hydrogen (secondary N) is 2. The number of carbonyl (C=O) groups is 2. The Bertz CT molecular complexity index is 729. The molecule has 0 radical (unpaired) electrons. The zero-order chi connectivity index (χ0) is 16.7. The Balaban J connectivity index is 2.15. The number of rotatable bonds is 5. The molecule has 0 atom stereocenters. The fourth-order valence-electron chi connectivity index (χ4n) is 1.70. The maximum Gasteiger partial charge on any atom is 0.356 e. The molecule has 0 bridgehead atoms. The second-order valence-electron chi connectivity index (χ2n) is 4.54. The van der Waals surface area contributed by atoms with Crippen LogP contribution >= 0.6 is 0 Å². The molecule has 1 aromatic heterocycles. The van der Waals surface area contributed by atoms with Crippen molar-refractivity contribution in [2.45, 2.75) is 6.92 Å². The summed E-state index contributed by atoms with van der Waals surface area (Å²) in [6, 6.07) is 10.3. The van der Waals surface area contributed by atoms with Crippen LogP contribution < -0.4 is 10.6 Å². The lowest BCUT2D eigenvalue weighted by atomic mass is 10.2. The molecule has 7 nitrogen and oxygen atoms in total. The van der Waals surface area contributed by atoms with Gasteiger partial charge in [-0.3, -0.25) is 4.79 Å². The molecule has 0 fully saturated rings. The molecule has 0 unspecified atom stereocenters. The fraction of sp³-hybridized carbons (Fsp3) is 0.125. The molecule has 0 saturated heterocycles. The Labute approximate surface area is 133 Å². The summed E-state index contributed by atoms with van der Waals surface area (Å²) < 4.78 is 4.66. The van der Waals surface area contributed by atoms with Gasteiger partial charge in [-0.25, -0.2) is 14.8 Å². The van der Waals surface area contributed by atoms with Crippen molar-refractivity contribution >= 4 is 17.8 Å². The summed E-state index contributed by atoms with van der Waals surface area (Å²) in [5.74, 6) is -0.802. The smallest absolute Gasteiger partial charge is 0.356 e. The highest BCUT2D eigenvalue weighted by atomic mass is 16.5. The van der Waals surface area contributed by atoms with Crippen molar-refractivity contribution < 1.29 is 14.3 Å². The number of benzene rings is 1. The van der Waals surface area contributed by atoms with Gasteiger partial charge in [0.2, 0.25) is 5.95 Å². The lowest BCUT2D eigenvalue weighted by Gasteiger charge is -2.08. The largest absolute Gasteiger partial charge is 0.464 e. The number of aromatic nitrogens is 2. The van der Waals surface area contributed by atoms with E-state index in [-0.39, 0.29) is 5.70 Å². The van der Waals surface area contributed by atoms with Crippen molar-refractivity contribution in [1.82, 2.24) is 15.3 Å². The lowest BCUT2D eigenvalue weighted by Crippen LogP contribution is -2.28. The molecule has 118 valence electrons. The van der Waals surface area contributed by atoms with Gasteiger partial charge in [-0.1, -0.05) is 18.2 Å². The molecule has 1 heterocycles. The molecule has 2 N–H and O–H groups in total. The third-order valence-electron chi connectivity index (χ3n) is 2.83. The van der Waals surface area contributed by atoms with Crippen molar-refractivity contribution in [3.05, 3.63) is 65.7 Å². The monoisotopic (exact) mass is 312 g/mol. The molecule has 0 aliphatic heterocycles. The number of hydrogen-bond acceptors (Lipinski definition) is 6. The number of nitrogens with zero attached hydrogens (tertiary/aromatic N) is 2. The molecule has 0 aliphatic carbocycles. The third kappa shape index (κ3) is 4.63. The van der Waals surface area contributed by atoms with E-state index < -0.39 is 11.9 Å². The van der Waals surface area contributed by atoms with Gasteiger partial charge in [-0.05, 0) is 25.1 Å². The van der Waals surface area contributed by atoms with Gasteiger partial charge in [0.15, 0.2) is 0 Å². The molecule has 2 aromatic rings. The normalized spacial score (nSPS) is 10.8. The molecular weight excluding hydrogens is 296 g/mol. The van der Waals surface area contributed by atoms with E-state index in [2.05, 4.69) is 25.3 Å². The highest BCUT2D eigenvalue weighted by molar-refractivity contribution is 6.01. The highest BCUT2D eigenvalue weighted by Gasteiger charge is 2.14. The lowest BCUT2D eigenvalue weighted by molar-refractivity contribution is -0.136. The Morgan fingerprint density at radius 3 is 2.57 bits per heavy atom. The zero-order valence-electron chi connectivity index (χ0n) is 12.7. The second-order valence-corrected chi connectivity index (χ2v) is 4.54.